The van der Waals surface area contributed by atoms with Crippen LogP contribution in [-0.4, -0.2) is 34.7 Å². The molecule has 1 atom stereocenters. The molecule has 1 aliphatic rings. The van der Waals surface area contributed by atoms with Crippen LogP contribution in [-0.2, 0) is 16.0 Å². The summed E-state index contributed by atoms with van der Waals surface area (Å²) in [5.41, 5.74) is 0.970. The maximum atomic E-state index is 10.5. The van der Waals surface area contributed by atoms with Crippen molar-refractivity contribution >= 4 is 11.9 Å². The van der Waals surface area contributed by atoms with E-state index in [1.165, 1.54) is 0 Å². The van der Waals surface area contributed by atoms with Gasteiger partial charge in [-0.2, -0.15) is 0 Å². The van der Waals surface area contributed by atoms with Crippen molar-refractivity contribution < 1.29 is 19.7 Å². The number of carbonyl (C=O) groups is 1. The Kier molecular flexibility index (Phi) is 3.27. The van der Waals surface area contributed by atoms with Crippen molar-refractivity contribution in [2.45, 2.75) is 18.9 Å². The van der Waals surface area contributed by atoms with Gasteiger partial charge in [-0.05, 0) is 17.7 Å². The van der Waals surface area contributed by atoms with Gasteiger partial charge in [0.1, 0.15) is 12.4 Å². The summed E-state index contributed by atoms with van der Waals surface area (Å²) < 4.78 is 5.32. The summed E-state index contributed by atoms with van der Waals surface area (Å²) in [6.07, 6.45) is 0.523. The third-order valence-corrected chi connectivity index (χ3v) is 2.47. The molecule has 0 fully saturated rings. The highest BCUT2D eigenvalue weighted by atomic mass is 16.5. The molecule has 0 amide bonds. The third-order valence-electron chi connectivity index (χ3n) is 2.47. The predicted octanol–water partition coefficient (Wildman–Crippen LogP) is 1.21. The van der Waals surface area contributed by atoms with Crippen molar-refractivity contribution in [1.82, 2.24) is 0 Å². The maximum Gasteiger partial charge on any atom is 0.305 e. The van der Waals surface area contributed by atoms with Crippen LogP contribution in [0.1, 0.15) is 12.0 Å². The average molecular weight is 235 g/mol. The molecule has 17 heavy (non-hydrogen) atoms. The quantitative estimate of drug-likeness (QED) is 0.822. The molecule has 5 nitrogen and oxygen atoms in total. The molecule has 5 heteroatoms. The van der Waals surface area contributed by atoms with Crippen LogP contribution >= 0.6 is 0 Å². The molecule has 0 spiro atoms. The minimum absolute atomic E-state index is 0.000915. The minimum Gasteiger partial charge on any atom is -0.508 e. The molecule has 1 aromatic carbocycles. The van der Waals surface area contributed by atoms with Crippen molar-refractivity contribution in [1.29, 1.82) is 0 Å². The molecule has 1 unspecified atom stereocenters. The number of carboxylic acids is 1. The van der Waals surface area contributed by atoms with E-state index in [1.807, 2.05) is 0 Å². The van der Waals surface area contributed by atoms with Gasteiger partial charge in [0.05, 0.1) is 12.5 Å². The molecule has 0 saturated heterocycles. The fraction of sp³-hybridized carbons (Fsp3) is 0.333. The lowest BCUT2D eigenvalue weighted by molar-refractivity contribution is -0.137. The second-order valence-electron chi connectivity index (χ2n) is 3.93. The van der Waals surface area contributed by atoms with Crippen LogP contribution in [0.4, 0.5) is 0 Å². The summed E-state index contributed by atoms with van der Waals surface area (Å²) in [7, 11) is 0. The van der Waals surface area contributed by atoms with E-state index >= 15 is 0 Å². The zero-order valence-electron chi connectivity index (χ0n) is 9.17. The number of nitrogens with zero attached hydrogens (tertiary/aromatic N) is 1. The van der Waals surface area contributed by atoms with Gasteiger partial charge in [0.25, 0.3) is 0 Å². The fourth-order valence-corrected chi connectivity index (χ4v) is 1.66. The van der Waals surface area contributed by atoms with Crippen molar-refractivity contribution in [3.63, 3.8) is 0 Å². The zero-order valence-corrected chi connectivity index (χ0v) is 9.17. The molecular weight excluding hydrogens is 222 g/mol. The van der Waals surface area contributed by atoms with E-state index < -0.39 is 5.97 Å². The van der Waals surface area contributed by atoms with E-state index in [9.17, 15) is 4.79 Å². The van der Waals surface area contributed by atoms with Gasteiger partial charge in [-0.25, -0.2) is 4.99 Å². The topological polar surface area (TPSA) is 79.1 Å². The van der Waals surface area contributed by atoms with Crippen LogP contribution in [0.3, 0.4) is 0 Å². The lowest BCUT2D eigenvalue weighted by Gasteiger charge is -2.01. The first-order valence-electron chi connectivity index (χ1n) is 5.32. The lowest BCUT2D eigenvalue weighted by atomic mass is 10.1. The van der Waals surface area contributed by atoms with Gasteiger partial charge >= 0.3 is 5.97 Å². The molecule has 0 bridgehead atoms. The first-order chi connectivity index (χ1) is 8.13. The molecule has 0 saturated carbocycles. The number of rotatable bonds is 4. The maximum absolute atomic E-state index is 10.5. The van der Waals surface area contributed by atoms with Crippen LogP contribution in [0, 0.1) is 0 Å². The van der Waals surface area contributed by atoms with Crippen molar-refractivity contribution in [2.24, 2.45) is 4.99 Å². The molecule has 90 valence electrons. The van der Waals surface area contributed by atoms with Gasteiger partial charge < -0.3 is 14.9 Å². The van der Waals surface area contributed by atoms with Crippen LogP contribution < -0.4 is 0 Å². The number of hydrogen-bond donors (Lipinski definition) is 2. The molecule has 2 rings (SSSR count). The van der Waals surface area contributed by atoms with Gasteiger partial charge in [-0.3, -0.25) is 4.79 Å². The van der Waals surface area contributed by atoms with Crippen molar-refractivity contribution in [3.8, 4) is 5.75 Å². The van der Waals surface area contributed by atoms with Crippen LogP contribution in [0.15, 0.2) is 29.3 Å². The van der Waals surface area contributed by atoms with Crippen LogP contribution in [0.2, 0.25) is 0 Å². The first-order valence-corrected chi connectivity index (χ1v) is 5.32. The number of aliphatic imine (C=N–C) groups is 1. The minimum atomic E-state index is -0.867. The number of aromatic hydroxyl groups is 1. The SMILES string of the molecule is O=C(O)CC1COC(Cc2ccc(O)cc2)=N1. The lowest BCUT2D eigenvalue weighted by Crippen LogP contribution is -2.12. The molecule has 2 N–H and O–H groups in total. The van der Waals surface area contributed by atoms with E-state index in [-0.39, 0.29) is 18.2 Å². The summed E-state index contributed by atoms with van der Waals surface area (Å²) in [5, 5.41) is 17.8. The normalized spacial score (nSPS) is 18.6. The second-order valence-corrected chi connectivity index (χ2v) is 3.93. The Balaban J connectivity index is 1.96. The highest BCUT2D eigenvalue weighted by molar-refractivity contribution is 5.81. The Labute approximate surface area is 98.4 Å². The number of phenolic OH excluding ortho intramolecular Hbond substituents is 1. The van der Waals surface area contributed by atoms with Crippen LogP contribution in [0.5, 0.6) is 5.75 Å². The molecule has 1 heterocycles. The second kappa shape index (κ2) is 4.86. The molecule has 1 aliphatic heterocycles. The number of aliphatic carboxylic acids is 1. The zero-order chi connectivity index (χ0) is 12.3. The monoisotopic (exact) mass is 235 g/mol. The summed E-state index contributed by atoms with van der Waals surface area (Å²) in [6, 6.07) is 6.48. The van der Waals surface area contributed by atoms with E-state index in [2.05, 4.69) is 4.99 Å². The molecule has 0 radical (unpaired) electrons. The van der Waals surface area contributed by atoms with Gasteiger partial charge in [0.15, 0.2) is 5.90 Å². The number of hydrogen-bond acceptors (Lipinski definition) is 4. The Morgan fingerprint density at radius 1 is 1.41 bits per heavy atom. The fourth-order valence-electron chi connectivity index (χ4n) is 1.66. The first kappa shape index (κ1) is 11.4. The number of phenols is 1. The standard InChI is InChI=1S/C12H13NO4/c14-10-3-1-8(2-4-10)5-11-13-9(7-17-11)6-12(15)16/h1-4,9,14H,5-7H2,(H,15,16). The summed E-state index contributed by atoms with van der Waals surface area (Å²) >= 11 is 0. The van der Waals surface area contributed by atoms with Crippen LogP contribution in [0.25, 0.3) is 0 Å². The van der Waals surface area contributed by atoms with Gasteiger partial charge in [-0.1, -0.05) is 12.1 Å². The summed E-state index contributed by atoms with van der Waals surface area (Å²) in [4.78, 5) is 14.7. The molecule has 0 aliphatic carbocycles. The van der Waals surface area contributed by atoms with Gasteiger partial charge in [0.2, 0.25) is 0 Å². The molecular formula is C12H13NO4. The highest BCUT2D eigenvalue weighted by Crippen LogP contribution is 2.14. The Hall–Kier alpha value is -2.04. The Morgan fingerprint density at radius 3 is 2.76 bits per heavy atom. The van der Waals surface area contributed by atoms with E-state index in [1.54, 1.807) is 24.3 Å². The van der Waals surface area contributed by atoms with Gasteiger partial charge in [0, 0.05) is 6.42 Å². The number of ether oxygens (including phenoxy) is 1. The average Bonchev–Trinajstić information content (AvgIpc) is 2.68. The number of benzene rings is 1. The predicted molar refractivity (Wildman–Crippen MR) is 61.2 cm³/mol. The molecule has 0 aromatic heterocycles. The third kappa shape index (κ3) is 3.21. The smallest absolute Gasteiger partial charge is 0.305 e. The molecule has 1 aromatic rings. The number of carboxylic acid groups (broad SMARTS) is 1. The van der Waals surface area contributed by atoms with E-state index in [0.717, 1.165) is 5.56 Å². The largest absolute Gasteiger partial charge is 0.508 e. The van der Waals surface area contributed by atoms with Crippen molar-refractivity contribution in [2.75, 3.05) is 6.61 Å². The Bertz CT molecular complexity index is 438. The highest BCUT2D eigenvalue weighted by Gasteiger charge is 2.21. The van der Waals surface area contributed by atoms with E-state index in [0.29, 0.717) is 18.9 Å². The summed E-state index contributed by atoms with van der Waals surface area (Å²) in [6.45, 7) is 0.333. The van der Waals surface area contributed by atoms with Crippen molar-refractivity contribution in [3.05, 3.63) is 29.8 Å². The summed E-state index contributed by atoms with van der Waals surface area (Å²) in [5.74, 6) is -0.0954. The Morgan fingerprint density at radius 2 is 2.12 bits per heavy atom. The van der Waals surface area contributed by atoms with Gasteiger partial charge in [-0.15, -0.1) is 0 Å². The van der Waals surface area contributed by atoms with E-state index in [4.69, 9.17) is 14.9 Å².